The van der Waals surface area contributed by atoms with Crippen LogP contribution >= 0.6 is 0 Å². The third-order valence-corrected chi connectivity index (χ3v) is 8.43. The zero-order valence-corrected chi connectivity index (χ0v) is 21.8. The maximum atomic E-state index is 13.2. The number of benzene rings is 2. The number of sulfonamides is 1. The number of nitrogens with zero attached hydrogens (tertiary/aromatic N) is 4. The Morgan fingerprint density at radius 3 is 2.37 bits per heavy atom. The molecule has 1 atom stereocenters. The molecule has 2 heterocycles. The largest absolute Gasteiger partial charge is 0.507 e. The van der Waals surface area contributed by atoms with E-state index in [1.54, 1.807) is 6.07 Å². The summed E-state index contributed by atoms with van der Waals surface area (Å²) in [4.78, 5) is 40.6. The van der Waals surface area contributed by atoms with Crippen LogP contribution in [0, 0.1) is 10.1 Å². The number of nitro benzene ring substituents is 1. The van der Waals surface area contributed by atoms with Gasteiger partial charge >= 0.3 is 0 Å². The average Bonchev–Trinajstić information content (AvgIpc) is 3.17. The number of nitro groups is 1. The molecule has 202 valence electrons. The van der Waals surface area contributed by atoms with Crippen LogP contribution < -0.4 is 0 Å². The van der Waals surface area contributed by atoms with Gasteiger partial charge in [-0.2, -0.15) is 0 Å². The van der Waals surface area contributed by atoms with Gasteiger partial charge in [0.25, 0.3) is 17.4 Å². The lowest BCUT2D eigenvalue weighted by Gasteiger charge is -2.31. The number of aliphatic hydroxyl groups excluding tert-OH is 1. The summed E-state index contributed by atoms with van der Waals surface area (Å²) >= 11 is 0. The Hall–Kier alpha value is -3.65. The number of Topliss-reactive ketones (excluding diaryl/α,β-unsaturated/α-hetero) is 1. The fourth-order valence-electron chi connectivity index (χ4n) is 4.49. The molecule has 0 aromatic heterocycles. The zero-order valence-electron chi connectivity index (χ0n) is 20.9. The SMILES string of the molecule is CN(C)S(=O)(=O)c1ccc(/C(O)=C2\C(=O)C(=O)N(CCN3CCOCC3)[C@@H]2c2cccc([N+](=O)[O-])c2)cc1. The molecule has 0 unspecified atom stereocenters. The van der Waals surface area contributed by atoms with Gasteiger partial charge in [0.1, 0.15) is 5.76 Å². The van der Waals surface area contributed by atoms with E-state index in [9.17, 15) is 33.2 Å². The number of likely N-dealkylation sites (tertiary alicyclic amines) is 1. The molecule has 12 nitrogen and oxygen atoms in total. The van der Waals surface area contributed by atoms with Crippen molar-refractivity contribution in [3.05, 3.63) is 75.3 Å². The number of hydrogen-bond donors (Lipinski definition) is 1. The second-order valence-corrected chi connectivity index (χ2v) is 11.3. The molecule has 0 saturated carbocycles. The quantitative estimate of drug-likeness (QED) is 0.172. The molecule has 38 heavy (non-hydrogen) atoms. The summed E-state index contributed by atoms with van der Waals surface area (Å²) in [6.45, 7) is 3.01. The van der Waals surface area contributed by atoms with Crippen LogP contribution in [-0.2, 0) is 24.3 Å². The molecular weight excluding hydrogens is 516 g/mol. The van der Waals surface area contributed by atoms with Crippen LogP contribution in [0.2, 0.25) is 0 Å². The van der Waals surface area contributed by atoms with Crippen molar-refractivity contribution in [2.45, 2.75) is 10.9 Å². The fraction of sp³-hybridized carbons (Fsp3) is 0.360. The highest BCUT2D eigenvalue weighted by molar-refractivity contribution is 7.89. The first-order valence-electron chi connectivity index (χ1n) is 11.9. The average molecular weight is 545 g/mol. The number of carbonyl (C=O) groups excluding carboxylic acids is 2. The van der Waals surface area contributed by atoms with Crippen molar-refractivity contribution in [2.24, 2.45) is 0 Å². The maximum absolute atomic E-state index is 13.2. The highest BCUT2D eigenvalue weighted by Crippen LogP contribution is 2.40. The minimum absolute atomic E-state index is 0.0137. The lowest BCUT2D eigenvalue weighted by Crippen LogP contribution is -2.42. The van der Waals surface area contributed by atoms with E-state index in [4.69, 9.17) is 4.74 Å². The minimum Gasteiger partial charge on any atom is -0.507 e. The monoisotopic (exact) mass is 544 g/mol. The van der Waals surface area contributed by atoms with Gasteiger partial charge in [-0.05, 0) is 29.8 Å². The maximum Gasteiger partial charge on any atom is 0.295 e. The Bertz CT molecular complexity index is 1380. The number of carbonyl (C=O) groups is 2. The summed E-state index contributed by atoms with van der Waals surface area (Å²) in [5, 5.41) is 22.6. The number of hydrogen-bond acceptors (Lipinski definition) is 9. The number of morpholine rings is 1. The zero-order chi connectivity index (χ0) is 27.6. The molecule has 2 fully saturated rings. The smallest absolute Gasteiger partial charge is 0.295 e. The van der Waals surface area contributed by atoms with E-state index in [2.05, 4.69) is 4.90 Å². The van der Waals surface area contributed by atoms with Gasteiger partial charge in [0.15, 0.2) is 0 Å². The molecule has 2 aromatic carbocycles. The lowest BCUT2D eigenvalue weighted by molar-refractivity contribution is -0.384. The van der Waals surface area contributed by atoms with Crippen LogP contribution in [-0.4, -0.2) is 97.7 Å². The van der Waals surface area contributed by atoms with Crippen LogP contribution in [0.15, 0.2) is 59.0 Å². The minimum atomic E-state index is -3.72. The number of non-ortho nitro benzene ring substituents is 1. The first kappa shape index (κ1) is 27.4. The Kier molecular flexibility index (Phi) is 7.92. The molecule has 1 amide bonds. The van der Waals surface area contributed by atoms with Gasteiger partial charge < -0.3 is 14.7 Å². The molecule has 0 radical (unpaired) electrons. The molecule has 0 aliphatic carbocycles. The van der Waals surface area contributed by atoms with Gasteiger partial charge in [0.2, 0.25) is 10.0 Å². The molecule has 2 aliphatic heterocycles. The molecule has 1 N–H and O–H groups in total. The van der Waals surface area contributed by atoms with Gasteiger partial charge in [-0.3, -0.25) is 24.6 Å². The van der Waals surface area contributed by atoms with Crippen molar-refractivity contribution in [3.8, 4) is 0 Å². The molecule has 2 saturated heterocycles. The summed E-state index contributed by atoms with van der Waals surface area (Å²) in [7, 11) is -0.943. The summed E-state index contributed by atoms with van der Waals surface area (Å²) in [6, 6.07) is 9.80. The number of aliphatic hydroxyl groups is 1. The Balaban J connectivity index is 1.77. The normalized spacial score (nSPS) is 20.3. The van der Waals surface area contributed by atoms with Crippen LogP contribution in [0.5, 0.6) is 0 Å². The van der Waals surface area contributed by atoms with Crippen molar-refractivity contribution in [1.82, 2.24) is 14.1 Å². The molecule has 2 aromatic rings. The highest BCUT2D eigenvalue weighted by atomic mass is 32.2. The number of rotatable bonds is 8. The van der Waals surface area contributed by atoms with Crippen LogP contribution in [0.4, 0.5) is 5.69 Å². The third kappa shape index (κ3) is 5.31. The van der Waals surface area contributed by atoms with E-state index in [0.29, 0.717) is 38.4 Å². The fourth-order valence-corrected chi connectivity index (χ4v) is 5.39. The summed E-state index contributed by atoms with van der Waals surface area (Å²) in [5.41, 5.74) is -0.0155. The molecular formula is C25H28N4O8S. The Labute approximate surface area is 219 Å². The number of ketones is 1. The standard InChI is InChI=1S/C25H28N4O8S/c1-26(2)38(35,36)20-8-6-17(7-9-20)23(30)21-22(18-4-3-5-19(16-18)29(33)34)28(25(32)24(21)31)11-10-27-12-14-37-15-13-27/h3-9,16,22,30H,10-15H2,1-2H3/b23-21+/t22-/m1/s1. The van der Waals surface area contributed by atoms with E-state index in [-0.39, 0.29) is 28.3 Å². The highest BCUT2D eigenvalue weighted by Gasteiger charge is 2.46. The molecule has 2 aliphatic rings. The summed E-state index contributed by atoms with van der Waals surface area (Å²) < 4.78 is 31.2. The van der Waals surface area contributed by atoms with E-state index in [1.807, 2.05) is 0 Å². The molecule has 0 bridgehead atoms. The van der Waals surface area contributed by atoms with Crippen molar-refractivity contribution in [3.63, 3.8) is 0 Å². The van der Waals surface area contributed by atoms with Gasteiger partial charge in [-0.25, -0.2) is 12.7 Å². The predicted octanol–water partition coefficient (Wildman–Crippen LogP) is 1.60. The number of amides is 1. The van der Waals surface area contributed by atoms with Crippen LogP contribution in [0.1, 0.15) is 17.2 Å². The topological polar surface area (TPSA) is 151 Å². The van der Waals surface area contributed by atoms with Crippen molar-refractivity contribution >= 4 is 33.2 Å². The van der Waals surface area contributed by atoms with Gasteiger partial charge in [-0.1, -0.05) is 12.1 Å². The second-order valence-electron chi connectivity index (χ2n) is 9.11. The van der Waals surface area contributed by atoms with Crippen LogP contribution in [0.25, 0.3) is 5.76 Å². The predicted molar refractivity (Wildman–Crippen MR) is 137 cm³/mol. The van der Waals surface area contributed by atoms with E-state index in [0.717, 1.165) is 4.31 Å². The van der Waals surface area contributed by atoms with Gasteiger partial charge in [0, 0.05) is 58.0 Å². The van der Waals surface area contributed by atoms with Crippen LogP contribution in [0.3, 0.4) is 0 Å². The Morgan fingerprint density at radius 1 is 1.11 bits per heavy atom. The van der Waals surface area contributed by atoms with E-state index >= 15 is 0 Å². The van der Waals surface area contributed by atoms with E-state index < -0.39 is 38.4 Å². The van der Waals surface area contributed by atoms with Crippen molar-refractivity contribution in [1.29, 1.82) is 0 Å². The summed E-state index contributed by atoms with van der Waals surface area (Å²) in [5.74, 6) is -2.25. The third-order valence-electron chi connectivity index (χ3n) is 6.60. The first-order chi connectivity index (χ1) is 18.0. The first-order valence-corrected chi connectivity index (χ1v) is 13.3. The Morgan fingerprint density at radius 2 is 1.76 bits per heavy atom. The van der Waals surface area contributed by atoms with E-state index in [1.165, 1.54) is 61.5 Å². The van der Waals surface area contributed by atoms with Gasteiger partial charge in [-0.15, -0.1) is 0 Å². The number of ether oxygens (including phenoxy) is 1. The van der Waals surface area contributed by atoms with Crippen molar-refractivity contribution < 1.29 is 32.8 Å². The lowest BCUT2D eigenvalue weighted by atomic mass is 9.95. The second kappa shape index (κ2) is 11.0. The summed E-state index contributed by atoms with van der Waals surface area (Å²) in [6.07, 6.45) is 0. The molecule has 13 heteroatoms. The van der Waals surface area contributed by atoms with Crippen molar-refractivity contribution in [2.75, 3.05) is 53.5 Å². The molecule has 0 spiro atoms. The molecule has 4 rings (SSSR count). The van der Waals surface area contributed by atoms with Gasteiger partial charge in [0.05, 0.1) is 34.6 Å².